The summed E-state index contributed by atoms with van der Waals surface area (Å²) in [4.78, 5) is 14.5. The van der Waals surface area contributed by atoms with E-state index in [-0.39, 0.29) is 11.9 Å². The molecule has 1 amide bonds. The highest BCUT2D eigenvalue weighted by atomic mass is 35.5. The number of hydrogen-bond acceptors (Lipinski definition) is 3. The number of nitrogens with zero attached hydrogens (tertiary/aromatic N) is 1. The quantitative estimate of drug-likeness (QED) is 0.849. The van der Waals surface area contributed by atoms with E-state index in [4.69, 9.17) is 41.2 Å². The number of thiocarbonyl (C=S) groups is 1. The number of nitrogens with two attached hydrogens (primary N) is 1. The second kappa shape index (κ2) is 5.74. The predicted molar refractivity (Wildman–Crippen MR) is 79.8 cm³/mol. The average molecular weight is 323 g/mol. The van der Waals surface area contributed by atoms with Gasteiger partial charge in [0.1, 0.15) is 4.34 Å². The molecule has 1 atom stereocenters. The normalized spacial score (nSPS) is 19.9. The lowest BCUT2D eigenvalue weighted by molar-refractivity contribution is 0.0682. The highest BCUT2D eigenvalue weighted by molar-refractivity contribution is 7.80. The first kappa shape index (κ1) is 14.1. The van der Waals surface area contributed by atoms with Gasteiger partial charge in [-0.2, -0.15) is 0 Å². The van der Waals surface area contributed by atoms with Crippen LogP contribution in [-0.4, -0.2) is 28.4 Å². The van der Waals surface area contributed by atoms with E-state index in [0.29, 0.717) is 25.8 Å². The van der Waals surface area contributed by atoms with Crippen molar-refractivity contribution < 1.29 is 4.79 Å². The smallest absolute Gasteiger partial charge is 0.256 e. The van der Waals surface area contributed by atoms with Gasteiger partial charge in [0.15, 0.2) is 0 Å². The van der Waals surface area contributed by atoms with Crippen LogP contribution in [0.2, 0.25) is 8.67 Å². The van der Waals surface area contributed by atoms with E-state index in [9.17, 15) is 4.79 Å². The Balaban J connectivity index is 2.26. The summed E-state index contributed by atoms with van der Waals surface area (Å²) in [6.07, 6.45) is 2.81. The fourth-order valence-corrected chi connectivity index (χ4v) is 3.80. The molecule has 0 radical (unpaired) electrons. The van der Waals surface area contributed by atoms with E-state index in [1.807, 2.05) is 0 Å². The van der Waals surface area contributed by atoms with Crippen LogP contribution in [0.1, 0.15) is 29.6 Å². The van der Waals surface area contributed by atoms with Crippen molar-refractivity contribution in [3.63, 3.8) is 0 Å². The Hall–Kier alpha value is -0.360. The molecular weight excluding hydrogens is 311 g/mol. The lowest BCUT2D eigenvalue weighted by atomic mass is 10.0. The van der Waals surface area contributed by atoms with Crippen molar-refractivity contribution >= 4 is 57.7 Å². The molecule has 0 aliphatic carbocycles. The van der Waals surface area contributed by atoms with Gasteiger partial charge in [-0.05, 0) is 25.3 Å². The standard InChI is InChI=1S/C11H12Cl2N2OS2/c12-8-5-6(9(13)18-8)11(16)15-4-2-1-3-7(15)10(14)17/h5,7H,1-4H2,(H2,14,17). The molecule has 7 heteroatoms. The molecule has 1 aliphatic heterocycles. The topological polar surface area (TPSA) is 46.3 Å². The monoisotopic (exact) mass is 322 g/mol. The summed E-state index contributed by atoms with van der Waals surface area (Å²) < 4.78 is 0.921. The maximum Gasteiger partial charge on any atom is 0.256 e. The summed E-state index contributed by atoms with van der Waals surface area (Å²) in [5.74, 6) is -0.138. The number of carbonyl (C=O) groups excluding carboxylic acids is 1. The molecular formula is C11H12Cl2N2OS2. The highest BCUT2D eigenvalue weighted by Crippen LogP contribution is 2.33. The Kier molecular flexibility index (Phi) is 4.48. The fourth-order valence-electron chi connectivity index (χ4n) is 2.11. The number of halogens is 2. The van der Waals surface area contributed by atoms with Crippen molar-refractivity contribution in [2.24, 2.45) is 5.73 Å². The second-order valence-corrected chi connectivity index (χ2v) is 6.91. The summed E-state index contributed by atoms with van der Waals surface area (Å²) in [7, 11) is 0. The van der Waals surface area contributed by atoms with E-state index >= 15 is 0 Å². The van der Waals surface area contributed by atoms with Crippen LogP contribution in [0.3, 0.4) is 0 Å². The number of piperidine rings is 1. The maximum atomic E-state index is 12.4. The number of thiophene rings is 1. The number of hydrogen-bond donors (Lipinski definition) is 1. The van der Waals surface area contributed by atoms with E-state index < -0.39 is 0 Å². The largest absolute Gasteiger partial charge is 0.392 e. The maximum absolute atomic E-state index is 12.4. The van der Waals surface area contributed by atoms with Crippen LogP contribution >= 0.6 is 46.8 Å². The van der Waals surface area contributed by atoms with E-state index in [2.05, 4.69) is 0 Å². The van der Waals surface area contributed by atoms with Crippen LogP contribution < -0.4 is 5.73 Å². The SMILES string of the molecule is NC(=S)C1CCCCN1C(=O)c1cc(Cl)sc1Cl. The van der Waals surface area contributed by atoms with Crippen molar-refractivity contribution in [2.45, 2.75) is 25.3 Å². The summed E-state index contributed by atoms with van der Waals surface area (Å²) in [5, 5.41) is 0. The third-order valence-corrected chi connectivity index (χ3v) is 4.74. The van der Waals surface area contributed by atoms with Gasteiger partial charge in [0, 0.05) is 6.54 Å². The lowest BCUT2D eigenvalue weighted by Crippen LogP contribution is -2.49. The first-order chi connectivity index (χ1) is 8.50. The molecule has 2 heterocycles. The number of amides is 1. The molecule has 2 N–H and O–H groups in total. The van der Waals surface area contributed by atoms with Crippen molar-refractivity contribution in [3.8, 4) is 0 Å². The minimum absolute atomic E-state index is 0.138. The molecule has 0 bridgehead atoms. The number of carbonyl (C=O) groups is 1. The predicted octanol–water partition coefficient (Wildman–Crippen LogP) is 3.34. The Labute approximate surface area is 125 Å². The zero-order chi connectivity index (χ0) is 13.3. The van der Waals surface area contributed by atoms with Crippen LogP contribution in [0.15, 0.2) is 6.07 Å². The molecule has 0 aromatic carbocycles. The molecule has 3 nitrogen and oxygen atoms in total. The van der Waals surface area contributed by atoms with Crippen LogP contribution in [0.5, 0.6) is 0 Å². The van der Waals surface area contributed by atoms with E-state index in [1.165, 1.54) is 11.3 Å². The van der Waals surface area contributed by atoms with Crippen molar-refractivity contribution in [2.75, 3.05) is 6.54 Å². The van der Waals surface area contributed by atoms with Gasteiger partial charge in [-0.3, -0.25) is 4.79 Å². The molecule has 1 saturated heterocycles. The zero-order valence-corrected chi connectivity index (χ0v) is 12.6. The molecule has 1 aromatic heterocycles. The first-order valence-electron chi connectivity index (χ1n) is 5.56. The lowest BCUT2D eigenvalue weighted by Gasteiger charge is -2.34. The Morgan fingerprint density at radius 3 is 2.78 bits per heavy atom. The fraction of sp³-hybridized carbons (Fsp3) is 0.455. The van der Waals surface area contributed by atoms with Gasteiger partial charge in [-0.25, -0.2) is 0 Å². The van der Waals surface area contributed by atoms with Crippen LogP contribution in [0.25, 0.3) is 0 Å². The third kappa shape index (κ3) is 2.79. The van der Waals surface area contributed by atoms with Crippen molar-refractivity contribution in [1.29, 1.82) is 0 Å². The van der Waals surface area contributed by atoms with E-state index in [1.54, 1.807) is 11.0 Å². The summed E-state index contributed by atoms with van der Waals surface area (Å²) >= 11 is 18.1. The van der Waals surface area contributed by atoms with Crippen LogP contribution in [-0.2, 0) is 0 Å². The Morgan fingerprint density at radius 2 is 2.22 bits per heavy atom. The second-order valence-electron chi connectivity index (χ2n) is 4.15. The van der Waals surface area contributed by atoms with Crippen LogP contribution in [0.4, 0.5) is 0 Å². The van der Waals surface area contributed by atoms with Crippen LogP contribution in [0, 0.1) is 0 Å². The Bertz CT molecular complexity index is 489. The Morgan fingerprint density at radius 1 is 1.50 bits per heavy atom. The minimum Gasteiger partial charge on any atom is -0.392 e. The van der Waals surface area contributed by atoms with Gasteiger partial charge >= 0.3 is 0 Å². The zero-order valence-electron chi connectivity index (χ0n) is 9.49. The molecule has 0 spiro atoms. The van der Waals surface area contributed by atoms with Crippen molar-refractivity contribution in [3.05, 3.63) is 20.3 Å². The van der Waals surface area contributed by atoms with E-state index in [0.717, 1.165) is 19.3 Å². The molecule has 2 rings (SSSR count). The van der Waals surface area contributed by atoms with Crippen molar-refractivity contribution in [1.82, 2.24) is 4.90 Å². The first-order valence-corrected chi connectivity index (χ1v) is 7.54. The molecule has 0 saturated carbocycles. The highest BCUT2D eigenvalue weighted by Gasteiger charge is 2.30. The van der Waals surface area contributed by atoms with Gasteiger partial charge in [-0.15, -0.1) is 11.3 Å². The summed E-state index contributed by atoms with van der Waals surface area (Å²) in [6, 6.07) is 1.43. The summed E-state index contributed by atoms with van der Waals surface area (Å²) in [6.45, 7) is 0.657. The molecule has 18 heavy (non-hydrogen) atoms. The summed E-state index contributed by atoms with van der Waals surface area (Å²) in [5.41, 5.74) is 6.14. The van der Waals surface area contributed by atoms with Gasteiger partial charge in [-0.1, -0.05) is 35.4 Å². The van der Waals surface area contributed by atoms with Gasteiger partial charge in [0.25, 0.3) is 5.91 Å². The van der Waals surface area contributed by atoms with Gasteiger partial charge in [0.2, 0.25) is 0 Å². The third-order valence-electron chi connectivity index (χ3n) is 2.98. The molecule has 98 valence electrons. The van der Waals surface area contributed by atoms with Gasteiger partial charge < -0.3 is 10.6 Å². The number of rotatable bonds is 2. The molecule has 1 fully saturated rings. The molecule has 1 aliphatic rings. The molecule has 1 unspecified atom stereocenters. The molecule has 1 aromatic rings. The number of likely N-dealkylation sites (tertiary alicyclic amines) is 1. The van der Waals surface area contributed by atoms with Gasteiger partial charge in [0.05, 0.1) is 20.9 Å². The average Bonchev–Trinajstić information content (AvgIpc) is 2.67. The minimum atomic E-state index is -0.170.